The molecule has 0 saturated heterocycles. The number of ketones is 1. The highest BCUT2D eigenvalue weighted by Crippen LogP contribution is 2.75. The summed E-state index contributed by atoms with van der Waals surface area (Å²) in [5.74, 6) is -0.680. The maximum absolute atomic E-state index is 14.8. The molecule has 1 aromatic rings. The molecule has 50 heavy (non-hydrogen) atoms. The van der Waals surface area contributed by atoms with Crippen molar-refractivity contribution in [2.24, 2.45) is 50.2 Å². The summed E-state index contributed by atoms with van der Waals surface area (Å²) in [6, 6.07) is 9.54. The first-order valence-corrected chi connectivity index (χ1v) is 20.4. The number of nitrogens with one attached hydrogen (secondary N) is 1. The van der Waals surface area contributed by atoms with E-state index in [0.29, 0.717) is 12.8 Å². The standard InChI is InChI=1S/C41H59NO7S/c1-36(2)31-14-18-41(7)34(39(31,5)17-15-32(36)42-50(46,47)23-16-33(44)48-8)30(43)24-28-29-25-38(4,20-19-37(29,3)21-22-40(28,41)6)35(45)49-26-27-12-10-9-11-13-27/h9-13,24,29,31-32,34,42H,14-23,25-26H2,1-8H3/t29-,31-,32-,34+,37+,38-,39-,40+,41+/m0/s1. The molecule has 8 nitrogen and oxygen atoms in total. The number of fused-ring (bicyclic) bond motifs is 7. The number of ether oxygens (including phenoxy) is 2. The van der Waals surface area contributed by atoms with Crippen molar-refractivity contribution in [1.29, 1.82) is 0 Å². The van der Waals surface area contributed by atoms with Gasteiger partial charge in [-0.1, -0.05) is 77.4 Å². The number of hydrogen-bond donors (Lipinski definition) is 1. The first-order chi connectivity index (χ1) is 23.2. The maximum atomic E-state index is 14.8. The second-order valence-electron chi connectivity index (χ2n) is 18.5. The summed E-state index contributed by atoms with van der Waals surface area (Å²) in [5, 5.41) is 0. The number of sulfonamides is 1. The molecular formula is C41H59NO7S. The highest BCUT2D eigenvalue weighted by molar-refractivity contribution is 7.89. The summed E-state index contributed by atoms with van der Waals surface area (Å²) in [4.78, 5) is 40.2. The van der Waals surface area contributed by atoms with Gasteiger partial charge in [0.05, 0.1) is 24.7 Å². The molecule has 0 amide bonds. The van der Waals surface area contributed by atoms with E-state index < -0.39 is 26.8 Å². The van der Waals surface area contributed by atoms with Crippen LogP contribution >= 0.6 is 0 Å². The minimum absolute atomic E-state index is 0.0280. The molecule has 0 aliphatic heterocycles. The molecule has 0 radical (unpaired) electrons. The van der Waals surface area contributed by atoms with Crippen LogP contribution in [0, 0.1) is 50.2 Å². The quantitative estimate of drug-likeness (QED) is 0.277. The summed E-state index contributed by atoms with van der Waals surface area (Å²) in [7, 11) is -2.44. The minimum Gasteiger partial charge on any atom is -0.469 e. The lowest BCUT2D eigenvalue weighted by Crippen LogP contribution is -2.67. The zero-order valence-electron chi connectivity index (χ0n) is 31.5. The molecule has 4 saturated carbocycles. The minimum atomic E-state index is -3.70. The van der Waals surface area contributed by atoms with Crippen LogP contribution in [0.15, 0.2) is 42.0 Å². The molecule has 1 N–H and O–H groups in total. The van der Waals surface area contributed by atoms with Crippen molar-refractivity contribution >= 4 is 27.7 Å². The third-order valence-corrected chi connectivity index (χ3v) is 16.8. The average molecular weight is 710 g/mol. The first-order valence-electron chi connectivity index (χ1n) is 18.8. The van der Waals surface area contributed by atoms with Gasteiger partial charge in [0.1, 0.15) is 6.61 Å². The monoisotopic (exact) mass is 709 g/mol. The lowest BCUT2D eigenvalue weighted by Gasteiger charge is -2.70. The Morgan fingerprint density at radius 3 is 2.26 bits per heavy atom. The molecule has 0 aromatic heterocycles. The number of benzene rings is 1. The van der Waals surface area contributed by atoms with Crippen LogP contribution in [0.5, 0.6) is 0 Å². The molecule has 5 aliphatic carbocycles. The summed E-state index contributed by atoms with van der Waals surface area (Å²) in [6.45, 7) is 16.1. The van der Waals surface area contributed by atoms with Crippen LogP contribution in [0.25, 0.3) is 0 Å². The second-order valence-corrected chi connectivity index (χ2v) is 20.4. The lowest BCUT2D eigenvalue weighted by molar-refractivity contribution is -0.189. The van der Waals surface area contributed by atoms with Gasteiger partial charge >= 0.3 is 11.9 Å². The molecule has 1 aromatic carbocycles. The smallest absolute Gasteiger partial charge is 0.312 e. The first kappa shape index (κ1) is 37.2. The molecule has 0 bridgehead atoms. The molecule has 5 aliphatic rings. The number of carbonyl (C=O) groups excluding carboxylic acids is 3. The highest BCUT2D eigenvalue weighted by atomic mass is 32.2. The number of esters is 2. The highest BCUT2D eigenvalue weighted by Gasteiger charge is 2.70. The van der Waals surface area contributed by atoms with Gasteiger partial charge in [0, 0.05) is 12.0 Å². The van der Waals surface area contributed by atoms with Crippen molar-refractivity contribution < 1.29 is 32.3 Å². The molecule has 0 unspecified atom stereocenters. The average Bonchev–Trinajstić information content (AvgIpc) is 3.06. The van der Waals surface area contributed by atoms with Gasteiger partial charge in [0.15, 0.2) is 5.78 Å². The fourth-order valence-electron chi connectivity index (χ4n) is 12.1. The summed E-state index contributed by atoms with van der Waals surface area (Å²) in [5.41, 5.74) is 0.508. The van der Waals surface area contributed by atoms with Gasteiger partial charge in [0.25, 0.3) is 0 Å². The Morgan fingerprint density at radius 1 is 0.900 bits per heavy atom. The summed E-state index contributed by atoms with van der Waals surface area (Å²) >= 11 is 0. The SMILES string of the molecule is COC(=O)CCS(=O)(=O)N[C@H]1CC[C@]2(C)[C@H]3C(=O)C=C4[C@@H]5C[C@@](C)(C(=O)OCc6ccccc6)CC[C@]5(C)CC[C@@]4(C)[C@]3(C)CC[C@H]2C1(C)C. The molecular weight excluding hydrogens is 651 g/mol. The van der Waals surface area contributed by atoms with Crippen molar-refractivity contribution in [1.82, 2.24) is 4.72 Å². The predicted molar refractivity (Wildman–Crippen MR) is 193 cm³/mol. The number of hydrogen-bond acceptors (Lipinski definition) is 7. The van der Waals surface area contributed by atoms with Gasteiger partial charge in [-0.05, 0) is 115 Å². The largest absolute Gasteiger partial charge is 0.469 e. The molecule has 0 spiro atoms. The van der Waals surface area contributed by atoms with E-state index in [2.05, 4.69) is 57.9 Å². The van der Waals surface area contributed by atoms with Crippen LogP contribution in [0.3, 0.4) is 0 Å². The number of rotatable bonds is 8. The Morgan fingerprint density at radius 2 is 1.58 bits per heavy atom. The molecule has 0 heterocycles. The third-order valence-electron chi connectivity index (χ3n) is 15.4. The number of allylic oxidation sites excluding steroid dienone is 2. The molecule has 9 atom stereocenters. The van der Waals surface area contributed by atoms with Crippen LogP contribution in [0.4, 0.5) is 0 Å². The van der Waals surface area contributed by atoms with Crippen molar-refractivity contribution in [3.05, 3.63) is 47.5 Å². The Bertz CT molecular complexity index is 1670. The summed E-state index contributed by atoms with van der Waals surface area (Å²) < 4.78 is 39.8. The Kier molecular flexibility index (Phi) is 9.36. The molecule has 6 rings (SSSR count). The van der Waals surface area contributed by atoms with Crippen LogP contribution < -0.4 is 4.72 Å². The zero-order chi connectivity index (χ0) is 36.5. The van der Waals surface area contributed by atoms with Crippen LogP contribution in [0.2, 0.25) is 0 Å². The number of methoxy groups -OCH3 is 1. The van der Waals surface area contributed by atoms with E-state index in [1.54, 1.807) is 0 Å². The van der Waals surface area contributed by atoms with Gasteiger partial charge in [0.2, 0.25) is 10.0 Å². The lowest BCUT2D eigenvalue weighted by atomic mass is 9.33. The van der Waals surface area contributed by atoms with Crippen LogP contribution in [-0.4, -0.2) is 45.0 Å². The molecule has 276 valence electrons. The van der Waals surface area contributed by atoms with E-state index in [0.717, 1.165) is 50.5 Å². The van der Waals surface area contributed by atoms with Crippen LogP contribution in [-0.2, 0) is 40.5 Å². The Hall–Kier alpha value is -2.52. The normalized spacial score (nSPS) is 40.6. The molecule has 4 fully saturated rings. The van der Waals surface area contributed by atoms with E-state index in [9.17, 15) is 22.8 Å². The fourth-order valence-corrected chi connectivity index (χ4v) is 13.5. The van der Waals surface area contributed by atoms with Crippen LogP contribution in [0.1, 0.15) is 118 Å². The van der Waals surface area contributed by atoms with Crippen molar-refractivity contribution in [2.75, 3.05) is 12.9 Å². The van der Waals surface area contributed by atoms with E-state index >= 15 is 0 Å². The predicted octanol–water partition coefficient (Wildman–Crippen LogP) is 7.56. The fraction of sp³-hybridized carbons (Fsp3) is 0.732. The zero-order valence-corrected chi connectivity index (χ0v) is 32.3. The Balaban J connectivity index is 1.27. The van der Waals surface area contributed by atoms with E-state index in [4.69, 9.17) is 4.74 Å². The van der Waals surface area contributed by atoms with Gasteiger partial charge in [-0.3, -0.25) is 14.4 Å². The van der Waals surface area contributed by atoms with Gasteiger partial charge in [-0.25, -0.2) is 13.1 Å². The molecule has 9 heteroatoms. The van der Waals surface area contributed by atoms with Crippen molar-refractivity contribution in [3.8, 4) is 0 Å². The van der Waals surface area contributed by atoms with Gasteiger partial charge < -0.3 is 9.47 Å². The Labute approximate surface area is 300 Å². The number of carbonyl (C=O) groups is 3. The summed E-state index contributed by atoms with van der Waals surface area (Å²) in [6.07, 6.45) is 9.53. The topological polar surface area (TPSA) is 116 Å². The van der Waals surface area contributed by atoms with E-state index in [1.165, 1.54) is 12.7 Å². The van der Waals surface area contributed by atoms with Crippen molar-refractivity contribution in [3.63, 3.8) is 0 Å². The maximum Gasteiger partial charge on any atom is 0.312 e. The third kappa shape index (κ3) is 5.90. The van der Waals surface area contributed by atoms with Gasteiger partial charge in [-0.15, -0.1) is 0 Å². The second kappa shape index (κ2) is 12.6. The van der Waals surface area contributed by atoms with Crippen molar-refractivity contribution in [2.45, 2.75) is 125 Å². The van der Waals surface area contributed by atoms with E-state index in [1.807, 2.05) is 36.4 Å². The van der Waals surface area contributed by atoms with Gasteiger partial charge in [-0.2, -0.15) is 0 Å². The van der Waals surface area contributed by atoms with E-state index in [-0.39, 0.29) is 76.0 Å².